The van der Waals surface area contributed by atoms with E-state index in [2.05, 4.69) is 37.9 Å². The molecule has 3 rings (SSSR count). The summed E-state index contributed by atoms with van der Waals surface area (Å²) in [5.41, 5.74) is 1.96. The Kier molecular flexibility index (Phi) is 9.21. The van der Waals surface area contributed by atoms with E-state index in [9.17, 15) is 14.7 Å². The first-order valence-corrected chi connectivity index (χ1v) is 11.8. The van der Waals surface area contributed by atoms with Gasteiger partial charge in [-0.1, -0.05) is 60.7 Å². The molecule has 35 heavy (non-hydrogen) atoms. The van der Waals surface area contributed by atoms with Gasteiger partial charge in [-0.15, -0.1) is 0 Å². The van der Waals surface area contributed by atoms with Gasteiger partial charge < -0.3 is 19.3 Å². The van der Waals surface area contributed by atoms with Crippen LogP contribution >= 0.6 is 22.6 Å². The number of nitrogens with zero attached hydrogens (tertiary/aromatic N) is 1. The highest BCUT2D eigenvalue weighted by atomic mass is 127. The van der Waals surface area contributed by atoms with Gasteiger partial charge in [-0.05, 0) is 58.3 Å². The molecule has 0 saturated heterocycles. The van der Waals surface area contributed by atoms with Crippen molar-refractivity contribution < 1.29 is 28.9 Å². The van der Waals surface area contributed by atoms with E-state index in [4.69, 9.17) is 9.47 Å². The molecule has 3 aromatic rings. The van der Waals surface area contributed by atoms with Crippen molar-refractivity contribution in [3.05, 3.63) is 93.1 Å². The van der Waals surface area contributed by atoms with Crippen LogP contribution in [0, 0.1) is 3.57 Å². The number of aliphatic hydroxyl groups is 1. The molecule has 0 atom stereocenters. The van der Waals surface area contributed by atoms with Crippen molar-refractivity contribution in [2.75, 3.05) is 20.3 Å². The Balaban J connectivity index is 1.84. The fraction of sp³-hybridized carbons (Fsp3) is 0.192. The maximum atomic E-state index is 13.2. The largest absolute Gasteiger partial charge is 0.490 e. The number of carbonyl (C=O) groups is 2. The fourth-order valence-electron chi connectivity index (χ4n) is 3.29. The van der Waals surface area contributed by atoms with Gasteiger partial charge in [0.2, 0.25) is 0 Å². The normalized spacial score (nSPS) is 11.2. The highest BCUT2D eigenvalue weighted by Gasteiger charge is 2.39. The predicted octanol–water partition coefficient (Wildman–Crippen LogP) is 3.63. The molecule has 3 aromatic carbocycles. The minimum atomic E-state index is -1.93. The Labute approximate surface area is 217 Å². The molecular weight excluding hydrogens is 563 g/mol. The van der Waals surface area contributed by atoms with Gasteiger partial charge in [0.15, 0.2) is 23.7 Å². The van der Waals surface area contributed by atoms with E-state index in [0.717, 1.165) is 0 Å². The lowest BCUT2D eigenvalue weighted by Crippen LogP contribution is -2.43. The molecule has 0 radical (unpaired) electrons. The van der Waals surface area contributed by atoms with Gasteiger partial charge in [-0.2, -0.15) is 5.10 Å². The average Bonchev–Trinajstić information content (AvgIpc) is 2.88. The number of halogens is 1. The zero-order chi connectivity index (χ0) is 25.3. The Morgan fingerprint density at radius 3 is 2.17 bits per heavy atom. The number of methoxy groups -OCH3 is 1. The summed E-state index contributed by atoms with van der Waals surface area (Å²) in [5.74, 6) is -0.396. The van der Waals surface area contributed by atoms with Gasteiger partial charge in [0, 0.05) is 0 Å². The Morgan fingerprint density at radius 1 is 1.03 bits per heavy atom. The van der Waals surface area contributed by atoms with E-state index in [0.29, 0.717) is 38.4 Å². The average molecular weight is 588 g/mol. The first-order valence-electron chi connectivity index (χ1n) is 10.7. The quantitative estimate of drug-likeness (QED) is 0.162. The minimum absolute atomic E-state index is 0.256. The van der Waals surface area contributed by atoms with Crippen molar-refractivity contribution >= 4 is 40.7 Å². The second-order valence-corrected chi connectivity index (χ2v) is 8.43. The van der Waals surface area contributed by atoms with Crippen LogP contribution in [-0.2, 0) is 19.9 Å². The van der Waals surface area contributed by atoms with Gasteiger partial charge in [-0.25, -0.2) is 10.2 Å². The number of esters is 1. The summed E-state index contributed by atoms with van der Waals surface area (Å²) in [7, 11) is 1.28. The third-order valence-electron chi connectivity index (χ3n) is 4.99. The van der Waals surface area contributed by atoms with Crippen LogP contribution in [0.1, 0.15) is 23.6 Å². The third kappa shape index (κ3) is 6.37. The van der Waals surface area contributed by atoms with Crippen LogP contribution in [0.15, 0.2) is 77.9 Å². The van der Waals surface area contributed by atoms with Gasteiger partial charge in [0.25, 0.3) is 5.91 Å². The van der Waals surface area contributed by atoms with Crippen LogP contribution in [0.5, 0.6) is 11.5 Å². The molecule has 0 aliphatic carbocycles. The zero-order valence-corrected chi connectivity index (χ0v) is 21.4. The van der Waals surface area contributed by atoms with Crippen molar-refractivity contribution in [1.29, 1.82) is 0 Å². The zero-order valence-electron chi connectivity index (χ0n) is 19.2. The number of ether oxygens (including phenoxy) is 3. The summed E-state index contributed by atoms with van der Waals surface area (Å²) in [6.07, 6.45) is 1.43. The van der Waals surface area contributed by atoms with Crippen LogP contribution in [0.2, 0.25) is 0 Å². The standard InChI is InChI=1S/C26H25IN2O6/c1-3-34-22-15-18(14-21(27)24(22)35-17-23(30)33-2)16-28-29-25(31)26(32,19-10-6-4-7-11-19)20-12-8-5-9-13-20/h4-16,32H,3,17H2,1-2H3,(H,29,31)/b28-16-. The van der Waals surface area contributed by atoms with Gasteiger partial charge in [-0.3, -0.25) is 4.79 Å². The number of carbonyl (C=O) groups excluding carboxylic acids is 2. The molecule has 0 unspecified atom stereocenters. The van der Waals surface area contributed by atoms with Crippen molar-refractivity contribution in [2.24, 2.45) is 5.10 Å². The molecule has 0 heterocycles. The summed E-state index contributed by atoms with van der Waals surface area (Å²) in [5, 5.41) is 15.5. The maximum Gasteiger partial charge on any atom is 0.343 e. The first-order chi connectivity index (χ1) is 16.9. The predicted molar refractivity (Wildman–Crippen MR) is 139 cm³/mol. The molecule has 8 nitrogen and oxygen atoms in total. The number of hydrogen-bond donors (Lipinski definition) is 2. The van der Waals surface area contributed by atoms with Gasteiger partial charge >= 0.3 is 5.97 Å². The molecule has 0 bridgehead atoms. The van der Waals surface area contributed by atoms with E-state index in [1.165, 1.54) is 13.3 Å². The molecule has 2 N–H and O–H groups in total. The molecule has 0 spiro atoms. The maximum absolute atomic E-state index is 13.2. The minimum Gasteiger partial charge on any atom is -0.490 e. The smallest absolute Gasteiger partial charge is 0.343 e. The molecule has 9 heteroatoms. The highest BCUT2D eigenvalue weighted by Crippen LogP contribution is 2.34. The second kappa shape index (κ2) is 12.3. The van der Waals surface area contributed by atoms with Crippen LogP contribution in [0.3, 0.4) is 0 Å². The Bertz CT molecular complexity index is 1150. The van der Waals surface area contributed by atoms with Crippen molar-refractivity contribution in [3.8, 4) is 11.5 Å². The topological polar surface area (TPSA) is 106 Å². The number of hydrazone groups is 1. The monoisotopic (exact) mass is 588 g/mol. The van der Waals surface area contributed by atoms with Crippen LogP contribution < -0.4 is 14.9 Å². The van der Waals surface area contributed by atoms with E-state index >= 15 is 0 Å². The summed E-state index contributed by atoms with van der Waals surface area (Å²) in [6, 6.07) is 20.8. The number of benzene rings is 3. The molecule has 182 valence electrons. The highest BCUT2D eigenvalue weighted by molar-refractivity contribution is 14.1. The van der Waals surface area contributed by atoms with E-state index in [-0.39, 0.29) is 6.61 Å². The van der Waals surface area contributed by atoms with Crippen molar-refractivity contribution in [3.63, 3.8) is 0 Å². The molecule has 0 aliphatic heterocycles. The SMILES string of the molecule is CCOc1cc(/C=N\NC(=O)C(O)(c2ccccc2)c2ccccc2)cc(I)c1OCC(=O)OC. The van der Waals surface area contributed by atoms with Crippen molar-refractivity contribution in [1.82, 2.24) is 5.43 Å². The summed E-state index contributed by atoms with van der Waals surface area (Å²) in [4.78, 5) is 24.6. The Morgan fingerprint density at radius 2 is 1.63 bits per heavy atom. The van der Waals surface area contributed by atoms with Gasteiger partial charge in [0.1, 0.15) is 0 Å². The summed E-state index contributed by atoms with van der Waals surface area (Å²) < 4.78 is 16.5. The number of rotatable bonds is 10. The summed E-state index contributed by atoms with van der Waals surface area (Å²) >= 11 is 2.06. The molecule has 0 fully saturated rings. The first kappa shape index (κ1) is 26.2. The van der Waals surface area contributed by atoms with Gasteiger partial charge in [0.05, 0.1) is 23.5 Å². The van der Waals surface area contributed by atoms with E-state index in [1.807, 2.05) is 6.92 Å². The van der Waals surface area contributed by atoms with E-state index < -0.39 is 17.5 Å². The molecule has 0 aromatic heterocycles. The molecule has 1 amide bonds. The molecule has 0 saturated carbocycles. The number of nitrogens with one attached hydrogen (secondary N) is 1. The summed E-state index contributed by atoms with van der Waals surface area (Å²) in [6.45, 7) is 1.95. The van der Waals surface area contributed by atoms with Crippen molar-refractivity contribution in [2.45, 2.75) is 12.5 Å². The molecule has 0 aliphatic rings. The third-order valence-corrected chi connectivity index (χ3v) is 5.79. The lowest BCUT2D eigenvalue weighted by atomic mass is 9.85. The lowest BCUT2D eigenvalue weighted by Gasteiger charge is -2.27. The fourth-order valence-corrected chi connectivity index (χ4v) is 4.07. The van der Waals surface area contributed by atoms with Crippen LogP contribution in [-0.4, -0.2) is 43.5 Å². The van der Waals surface area contributed by atoms with Crippen LogP contribution in [0.25, 0.3) is 0 Å². The molecular formula is C26H25IN2O6. The van der Waals surface area contributed by atoms with Crippen LogP contribution in [0.4, 0.5) is 0 Å². The second-order valence-electron chi connectivity index (χ2n) is 7.27. The number of amides is 1. The van der Waals surface area contributed by atoms with E-state index in [1.54, 1.807) is 72.8 Å². The Hall–Kier alpha value is -3.44. The number of hydrogen-bond acceptors (Lipinski definition) is 7. The lowest BCUT2D eigenvalue weighted by molar-refractivity contribution is -0.143.